The van der Waals surface area contributed by atoms with Crippen LogP contribution in [-0.4, -0.2) is 30.9 Å². The first kappa shape index (κ1) is 14.9. The van der Waals surface area contributed by atoms with Crippen molar-refractivity contribution in [2.75, 3.05) is 13.1 Å². The summed E-state index contributed by atoms with van der Waals surface area (Å²) < 4.78 is 0. The predicted octanol–water partition coefficient (Wildman–Crippen LogP) is 0.00220. The number of amides is 2. The summed E-state index contributed by atoms with van der Waals surface area (Å²) in [6.07, 6.45) is 1.98. The van der Waals surface area contributed by atoms with Gasteiger partial charge in [0.15, 0.2) is 0 Å². The van der Waals surface area contributed by atoms with Gasteiger partial charge in [-0.25, -0.2) is 0 Å². The van der Waals surface area contributed by atoms with Crippen LogP contribution in [0.3, 0.4) is 0 Å². The molecule has 0 heterocycles. The van der Waals surface area contributed by atoms with Gasteiger partial charge in [-0.1, -0.05) is 26.7 Å². The van der Waals surface area contributed by atoms with Crippen LogP contribution in [0.4, 0.5) is 0 Å². The second kappa shape index (κ2) is 8.10. The zero-order chi connectivity index (χ0) is 12.6. The molecule has 5 nitrogen and oxygen atoms in total. The highest BCUT2D eigenvalue weighted by molar-refractivity contribution is 6.35. The van der Waals surface area contributed by atoms with Crippen molar-refractivity contribution in [3.05, 3.63) is 0 Å². The molecule has 0 saturated heterocycles. The fourth-order valence-electron chi connectivity index (χ4n) is 1.65. The van der Waals surface area contributed by atoms with Gasteiger partial charge in [0.2, 0.25) is 0 Å². The van der Waals surface area contributed by atoms with Crippen molar-refractivity contribution in [1.82, 2.24) is 10.6 Å². The number of hydrogen-bond acceptors (Lipinski definition) is 3. The summed E-state index contributed by atoms with van der Waals surface area (Å²) in [7, 11) is 0. The predicted molar refractivity (Wildman–Crippen MR) is 63.7 cm³/mol. The van der Waals surface area contributed by atoms with E-state index in [1.807, 2.05) is 6.92 Å². The lowest BCUT2D eigenvalue weighted by Crippen LogP contribution is -2.46. The van der Waals surface area contributed by atoms with Gasteiger partial charge in [0.25, 0.3) is 0 Å². The fraction of sp³-hybridized carbons (Fsp3) is 0.818. The van der Waals surface area contributed by atoms with E-state index < -0.39 is 11.8 Å². The van der Waals surface area contributed by atoms with Crippen LogP contribution in [0.1, 0.15) is 33.6 Å². The third-order valence-electron chi connectivity index (χ3n) is 2.75. The minimum atomic E-state index is -0.608. The third-order valence-corrected chi connectivity index (χ3v) is 2.75. The van der Waals surface area contributed by atoms with Crippen LogP contribution in [0, 0.1) is 5.92 Å². The van der Waals surface area contributed by atoms with Crippen LogP contribution in [0.15, 0.2) is 0 Å². The lowest BCUT2D eigenvalue weighted by atomic mass is 9.95. The van der Waals surface area contributed by atoms with E-state index in [-0.39, 0.29) is 6.04 Å². The zero-order valence-corrected chi connectivity index (χ0v) is 10.4. The Hall–Kier alpha value is -1.10. The number of carbonyl (C=O) groups is 2. The zero-order valence-electron chi connectivity index (χ0n) is 10.4. The maximum atomic E-state index is 11.4. The summed E-state index contributed by atoms with van der Waals surface area (Å²) in [6, 6.07) is 0.0196. The number of nitrogens with two attached hydrogens (primary N) is 1. The van der Waals surface area contributed by atoms with E-state index in [9.17, 15) is 9.59 Å². The quantitative estimate of drug-likeness (QED) is 0.561. The van der Waals surface area contributed by atoms with Gasteiger partial charge >= 0.3 is 11.8 Å². The Morgan fingerprint density at radius 1 is 1.19 bits per heavy atom. The Balaban J connectivity index is 4.07. The molecule has 16 heavy (non-hydrogen) atoms. The average Bonchev–Trinajstić information content (AvgIpc) is 2.27. The van der Waals surface area contributed by atoms with Gasteiger partial charge in [0, 0.05) is 19.1 Å². The molecule has 0 aromatic rings. The summed E-state index contributed by atoms with van der Waals surface area (Å²) in [4.78, 5) is 22.7. The highest BCUT2D eigenvalue weighted by atomic mass is 16.2. The van der Waals surface area contributed by atoms with Crippen LogP contribution in [0.2, 0.25) is 0 Å². The molecule has 0 saturated carbocycles. The fourth-order valence-corrected chi connectivity index (χ4v) is 1.65. The van der Waals surface area contributed by atoms with Crippen LogP contribution in [0.5, 0.6) is 0 Å². The highest BCUT2D eigenvalue weighted by Crippen LogP contribution is 2.12. The van der Waals surface area contributed by atoms with Crippen LogP contribution in [-0.2, 0) is 9.59 Å². The lowest BCUT2D eigenvalue weighted by Gasteiger charge is -2.22. The molecule has 0 aromatic carbocycles. The largest absolute Gasteiger partial charge is 0.347 e. The average molecular weight is 229 g/mol. The van der Waals surface area contributed by atoms with Crippen molar-refractivity contribution in [3.63, 3.8) is 0 Å². The Kier molecular flexibility index (Phi) is 7.54. The standard InChI is InChI=1S/C11H23N3O2/c1-4-9(5-2)8(3)14-11(16)10(15)13-7-6-12/h8-9H,4-7,12H2,1-3H3,(H,13,15)(H,14,16). The van der Waals surface area contributed by atoms with Crippen molar-refractivity contribution in [1.29, 1.82) is 0 Å². The van der Waals surface area contributed by atoms with E-state index in [0.717, 1.165) is 12.8 Å². The highest BCUT2D eigenvalue weighted by Gasteiger charge is 2.19. The van der Waals surface area contributed by atoms with Gasteiger partial charge in [-0.3, -0.25) is 9.59 Å². The Morgan fingerprint density at radius 3 is 2.19 bits per heavy atom. The van der Waals surface area contributed by atoms with Crippen molar-refractivity contribution >= 4 is 11.8 Å². The Bertz CT molecular complexity index is 227. The van der Waals surface area contributed by atoms with Gasteiger partial charge in [0.1, 0.15) is 0 Å². The summed E-state index contributed by atoms with van der Waals surface area (Å²) in [5.41, 5.74) is 5.22. The van der Waals surface area contributed by atoms with E-state index in [2.05, 4.69) is 24.5 Å². The molecular formula is C11H23N3O2. The Labute approximate surface area is 97.2 Å². The summed E-state index contributed by atoms with van der Waals surface area (Å²) >= 11 is 0. The van der Waals surface area contributed by atoms with Crippen molar-refractivity contribution in [2.45, 2.75) is 39.7 Å². The third kappa shape index (κ3) is 5.11. The van der Waals surface area contributed by atoms with E-state index in [4.69, 9.17) is 5.73 Å². The lowest BCUT2D eigenvalue weighted by molar-refractivity contribution is -0.139. The van der Waals surface area contributed by atoms with Gasteiger partial charge in [0.05, 0.1) is 0 Å². The smallest absolute Gasteiger partial charge is 0.309 e. The van der Waals surface area contributed by atoms with E-state index in [0.29, 0.717) is 19.0 Å². The van der Waals surface area contributed by atoms with Crippen LogP contribution >= 0.6 is 0 Å². The first-order valence-electron chi connectivity index (χ1n) is 5.85. The minimum Gasteiger partial charge on any atom is -0.347 e. The molecule has 1 unspecified atom stereocenters. The molecule has 0 aliphatic rings. The first-order valence-corrected chi connectivity index (χ1v) is 5.85. The Morgan fingerprint density at radius 2 is 1.75 bits per heavy atom. The summed E-state index contributed by atoms with van der Waals surface area (Å²) in [6.45, 7) is 6.73. The normalized spacial score (nSPS) is 12.3. The van der Waals surface area contributed by atoms with Crippen LogP contribution in [0.25, 0.3) is 0 Å². The molecule has 0 radical (unpaired) electrons. The molecule has 4 N–H and O–H groups in total. The maximum Gasteiger partial charge on any atom is 0.309 e. The first-order chi connectivity index (χ1) is 7.56. The van der Waals surface area contributed by atoms with E-state index in [1.54, 1.807) is 0 Å². The summed E-state index contributed by atoms with van der Waals surface area (Å²) in [5.74, 6) is -0.776. The molecular weight excluding hydrogens is 206 g/mol. The monoisotopic (exact) mass is 229 g/mol. The topological polar surface area (TPSA) is 84.2 Å². The molecule has 0 fully saturated rings. The molecule has 2 amide bonds. The van der Waals surface area contributed by atoms with Gasteiger partial charge in [-0.2, -0.15) is 0 Å². The van der Waals surface area contributed by atoms with Crippen molar-refractivity contribution in [2.24, 2.45) is 11.7 Å². The molecule has 0 aromatic heterocycles. The molecule has 5 heteroatoms. The van der Waals surface area contributed by atoms with Gasteiger partial charge < -0.3 is 16.4 Å². The van der Waals surface area contributed by atoms with E-state index >= 15 is 0 Å². The van der Waals surface area contributed by atoms with Crippen molar-refractivity contribution in [3.8, 4) is 0 Å². The molecule has 1 atom stereocenters. The number of nitrogens with one attached hydrogen (secondary N) is 2. The number of hydrogen-bond donors (Lipinski definition) is 3. The van der Waals surface area contributed by atoms with Gasteiger partial charge in [-0.15, -0.1) is 0 Å². The maximum absolute atomic E-state index is 11.4. The molecule has 0 spiro atoms. The minimum absolute atomic E-state index is 0.0196. The van der Waals surface area contributed by atoms with Crippen molar-refractivity contribution < 1.29 is 9.59 Å². The second-order valence-electron chi connectivity index (χ2n) is 3.88. The second-order valence-corrected chi connectivity index (χ2v) is 3.88. The molecule has 0 aliphatic carbocycles. The molecule has 0 rings (SSSR count). The molecule has 0 aliphatic heterocycles. The summed E-state index contributed by atoms with van der Waals surface area (Å²) in [5, 5.41) is 5.14. The van der Waals surface area contributed by atoms with Gasteiger partial charge in [-0.05, 0) is 12.8 Å². The number of carbonyl (C=O) groups excluding carboxylic acids is 2. The molecule has 94 valence electrons. The number of rotatable bonds is 6. The SMILES string of the molecule is CCC(CC)C(C)NC(=O)C(=O)NCCN. The molecule has 0 bridgehead atoms. The van der Waals surface area contributed by atoms with E-state index in [1.165, 1.54) is 0 Å². The van der Waals surface area contributed by atoms with Crippen LogP contribution < -0.4 is 16.4 Å².